The third-order valence-electron chi connectivity index (χ3n) is 4.54. The molecule has 2 aliphatic heterocycles. The Morgan fingerprint density at radius 3 is 2.64 bits per heavy atom. The number of halogens is 1. The van der Waals surface area contributed by atoms with Crippen LogP contribution in [0.25, 0.3) is 6.08 Å². The van der Waals surface area contributed by atoms with Crippen molar-refractivity contribution < 1.29 is 13.9 Å². The van der Waals surface area contributed by atoms with Gasteiger partial charge >= 0.3 is 0 Å². The number of aliphatic imine (C=N–C) groups is 1. The molecule has 7 heteroatoms. The summed E-state index contributed by atoms with van der Waals surface area (Å²) in [5, 5.41) is 3.27. The molecule has 144 valence electrons. The zero-order chi connectivity index (χ0) is 19.5. The van der Waals surface area contributed by atoms with Crippen molar-refractivity contribution in [1.29, 1.82) is 0 Å². The Morgan fingerprint density at radius 1 is 1.18 bits per heavy atom. The Bertz CT molecular complexity index is 951. The standard InChI is InChI=1S/C21H20FN3O2S/c1-14-2-5-16(6-3-14)23-21-24-20(26)19(28-21)13-15-4-7-18(17(22)12-15)25-8-10-27-11-9-25/h2-7,12-13H,8-11H2,1H3,(H,23,24,26)/b19-13-. The molecule has 0 atom stereocenters. The van der Waals surface area contributed by atoms with Crippen molar-refractivity contribution in [2.75, 3.05) is 31.2 Å². The number of benzene rings is 2. The van der Waals surface area contributed by atoms with E-state index in [4.69, 9.17) is 4.74 Å². The molecule has 0 spiro atoms. The van der Waals surface area contributed by atoms with Crippen LogP contribution in [0.5, 0.6) is 0 Å². The molecule has 2 aliphatic rings. The minimum atomic E-state index is -0.298. The van der Waals surface area contributed by atoms with Gasteiger partial charge in [0, 0.05) is 13.1 Å². The van der Waals surface area contributed by atoms with Crippen LogP contribution in [0.1, 0.15) is 11.1 Å². The summed E-state index contributed by atoms with van der Waals surface area (Å²) in [5.41, 5.74) is 3.13. The fourth-order valence-electron chi connectivity index (χ4n) is 3.04. The molecular formula is C21H20FN3O2S. The SMILES string of the molecule is Cc1ccc(N=C2NC(=O)/C(=C/c3ccc(N4CCOCC4)c(F)c3)S2)cc1. The van der Waals surface area contributed by atoms with Crippen molar-refractivity contribution in [2.24, 2.45) is 4.99 Å². The molecule has 2 heterocycles. The fraction of sp³-hybridized carbons (Fsp3) is 0.238. The predicted octanol–water partition coefficient (Wildman–Crippen LogP) is 3.86. The number of morpholine rings is 1. The van der Waals surface area contributed by atoms with Crippen molar-refractivity contribution >= 4 is 40.3 Å². The highest BCUT2D eigenvalue weighted by Crippen LogP contribution is 2.29. The molecule has 28 heavy (non-hydrogen) atoms. The van der Waals surface area contributed by atoms with Gasteiger partial charge in [0.1, 0.15) is 5.82 Å². The monoisotopic (exact) mass is 397 g/mol. The molecule has 1 amide bonds. The molecule has 0 bridgehead atoms. The number of rotatable bonds is 3. The lowest BCUT2D eigenvalue weighted by Gasteiger charge is -2.29. The molecular weight excluding hydrogens is 377 g/mol. The number of amidine groups is 1. The molecule has 2 saturated heterocycles. The van der Waals surface area contributed by atoms with Gasteiger partial charge in [-0.1, -0.05) is 23.8 Å². The highest BCUT2D eigenvalue weighted by molar-refractivity contribution is 8.18. The van der Waals surface area contributed by atoms with E-state index in [9.17, 15) is 9.18 Å². The Morgan fingerprint density at radius 2 is 1.93 bits per heavy atom. The maximum Gasteiger partial charge on any atom is 0.264 e. The van der Waals surface area contributed by atoms with Crippen molar-refractivity contribution in [3.05, 3.63) is 64.3 Å². The molecule has 0 aromatic heterocycles. The Balaban J connectivity index is 1.51. The number of hydrogen-bond acceptors (Lipinski definition) is 5. The van der Waals surface area contributed by atoms with Gasteiger partial charge in [-0.05, 0) is 54.6 Å². The van der Waals surface area contributed by atoms with E-state index >= 15 is 0 Å². The Kier molecular flexibility index (Phi) is 5.45. The second-order valence-electron chi connectivity index (χ2n) is 6.63. The van der Waals surface area contributed by atoms with Crippen LogP contribution < -0.4 is 10.2 Å². The lowest BCUT2D eigenvalue weighted by molar-refractivity contribution is -0.115. The summed E-state index contributed by atoms with van der Waals surface area (Å²) in [6, 6.07) is 12.8. The minimum absolute atomic E-state index is 0.228. The first kappa shape index (κ1) is 18.7. The third kappa shape index (κ3) is 4.26. The summed E-state index contributed by atoms with van der Waals surface area (Å²) in [6.07, 6.45) is 1.68. The summed E-state index contributed by atoms with van der Waals surface area (Å²) < 4.78 is 19.9. The van der Waals surface area contributed by atoms with Crippen LogP contribution in [-0.4, -0.2) is 37.4 Å². The summed E-state index contributed by atoms with van der Waals surface area (Å²) in [4.78, 5) is 19.1. The summed E-state index contributed by atoms with van der Waals surface area (Å²) >= 11 is 1.25. The number of ether oxygens (including phenoxy) is 1. The zero-order valence-electron chi connectivity index (χ0n) is 15.4. The number of hydrogen-bond donors (Lipinski definition) is 1. The van der Waals surface area contributed by atoms with E-state index < -0.39 is 0 Å². The van der Waals surface area contributed by atoms with E-state index in [2.05, 4.69) is 10.3 Å². The molecule has 4 rings (SSSR count). The van der Waals surface area contributed by atoms with Crippen LogP contribution in [0, 0.1) is 12.7 Å². The fourth-order valence-corrected chi connectivity index (χ4v) is 3.88. The van der Waals surface area contributed by atoms with Crippen molar-refractivity contribution in [2.45, 2.75) is 6.92 Å². The molecule has 1 N–H and O–H groups in total. The minimum Gasteiger partial charge on any atom is -0.378 e. The van der Waals surface area contributed by atoms with Crippen LogP contribution in [0.4, 0.5) is 15.8 Å². The van der Waals surface area contributed by atoms with Gasteiger partial charge in [0.15, 0.2) is 5.17 Å². The van der Waals surface area contributed by atoms with E-state index in [1.807, 2.05) is 42.2 Å². The quantitative estimate of drug-likeness (QED) is 0.799. The summed E-state index contributed by atoms with van der Waals surface area (Å²) in [5.74, 6) is -0.526. The number of anilines is 1. The van der Waals surface area contributed by atoms with Gasteiger partial charge in [-0.2, -0.15) is 0 Å². The molecule has 2 aromatic rings. The number of carbonyl (C=O) groups excluding carboxylic acids is 1. The van der Waals surface area contributed by atoms with Gasteiger partial charge in [0.2, 0.25) is 0 Å². The Labute approximate surface area is 167 Å². The second-order valence-corrected chi connectivity index (χ2v) is 7.66. The molecule has 2 aromatic carbocycles. The van der Waals surface area contributed by atoms with E-state index in [-0.39, 0.29) is 11.7 Å². The Hall–Kier alpha value is -2.64. The van der Waals surface area contributed by atoms with Crippen LogP contribution >= 0.6 is 11.8 Å². The molecule has 0 aliphatic carbocycles. The van der Waals surface area contributed by atoms with Crippen LogP contribution in [0.2, 0.25) is 0 Å². The summed E-state index contributed by atoms with van der Waals surface area (Å²) in [6.45, 7) is 4.56. The normalized spacial score (nSPS) is 20.1. The number of nitrogens with zero attached hydrogens (tertiary/aromatic N) is 2. The third-order valence-corrected chi connectivity index (χ3v) is 5.45. The van der Waals surface area contributed by atoms with E-state index in [1.165, 1.54) is 17.8 Å². The summed E-state index contributed by atoms with van der Waals surface area (Å²) in [7, 11) is 0. The maximum absolute atomic E-state index is 14.6. The molecule has 2 fully saturated rings. The number of aryl methyl sites for hydroxylation is 1. The number of amides is 1. The highest BCUT2D eigenvalue weighted by Gasteiger charge is 2.24. The van der Waals surface area contributed by atoms with Gasteiger partial charge in [-0.3, -0.25) is 4.79 Å². The van der Waals surface area contributed by atoms with Gasteiger partial charge < -0.3 is 15.0 Å². The van der Waals surface area contributed by atoms with Gasteiger partial charge in [0.25, 0.3) is 5.91 Å². The van der Waals surface area contributed by atoms with E-state index in [0.717, 1.165) is 11.3 Å². The average molecular weight is 397 g/mol. The van der Waals surface area contributed by atoms with Crippen LogP contribution in [0.15, 0.2) is 52.4 Å². The topological polar surface area (TPSA) is 53.9 Å². The van der Waals surface area contributed by atoms with Gasteiger partial charge in [-0.15, -0.1) is 0 Å². The first-order valence-corrected chi connectivity index (χ1v) is 9.89. The smallest absolute Gasteiger partial charge is 0.264 e. The number of thioether (sulfide) groups is 1. The van der Waals surface area contributed by atoms with Crippen LogP contribution in [-0.2, 0) is 9.53 Å². The second kappa shape index (κ2) is 8.16. The largest absolute Gasteiger partial charge is 0.378 e. The molecule has 5 nitrogen and oxygen atoms in total. The maximum atomic E-state index is 14.6. The van der Waals surface area contributed by atoms with Crippen LogP contribution in [0.3, 0.4) is 0 Å². The highest BCUT2D eigenvalue weighted by atomic mass is 32.2. The molecule has 0 saturated carbocycles. The lowest BCUT2D eigenvalue weighted by Crippen LogP contribution is -2.36. The predicted molar refractivity (Wildman–Crippen MR) is 111 cm³/mol. The van der Waals surface area contributed by atoms with Gasteiger partial charge in [-0.25, -0.2) is 9.38 Å². The number of carbonyl (C=O) groups is 1. The molecule has 0 radical (unpaired) electrons. The van der Waals surface area contributed by atoms with Gasteiger partial charge in [0.05, 0.1) is 29.5 Å². The average Bonchev–Trinajstić information content (AvgIpc) is 3.03. The first-order chi connectivity index (χ1) is 13.6. The zero-order valence-corrected chi connectivity index (χ0v) is 16.3. The van der Waals surface area contributed by atoms with Crippen molar-refractivity contribution in [3.8, 4) is 0 Å². The number of nitrogens with one attached hydrogen (secondary N) is 1. The van der Waals surface area contributed by atoms with Crippen molar-refractivity contribution in [3.63, 3.8) is 0 Å². The molecule has 0 unspecified atom stereocenters. The lowest BCUT2D eigenvalue weighted by atomic mass is 10.1. The van der Waals surface area contributed by atoms with E-state index in [1.54, 1.807) is 12.1 Å². The van der Waals surface area contributed by atoms with Crippen molar-refractivity contribution in [1.82, 2.24) is 5.32 Å². The van der Waals surface area contributed by atoms with E-state index in [0.29, 0.717) is 47.6 Å². The first-order valence-electron chi connectivity index (χ1n) is 9.07.